The highest BCUT2D eigenvalue weighted by Gasteiger charge is 2.34. The molecule has 27 heavy (non-hydrogen) atoms. The first kappa shape index (κ1) is 18.2. The molecule has 1 amide bonds. The van der Waals surface area contributed by atoms with Crippen LogP contribution in [0.2, 0.25) is 0 Å². The second kappa shape index (κ2) is 8.65. The van der Waals surface area contributed by atoms with Crippen molar-refractivity contribution >= 4 is 5.91 Å². The molecule has 1 aromatic heterocycles. The summed E-state index contributed by atoms with van der Waals surface area (Å²) in [7, 11) is 0. The highest BCUT2D eigenvalue weighted by Crippen LogP contribution is 2.24. The van der Waals surface area contributed by atoms with Gasteiger partial charge in [-0.25, -0.2) is 10.0 Å². The summed E-state index contributed by atoms with van der Waals surface area (Å²) in [6.07, 6.45) is 5.60. The molecule has 0 unspecified atom stereocenters. The van der Waals surface area contributed by atoms with Gasteiger partial charge in [-0.2, -0.15) is 0 Å². The highest BCUT2D eigenvalue weighted by atomic mass is 16.7. The highest BCUT2D eigenvalue weighted by molar-refractivity contribution is 5.80. The topological polar surface area (TPSA) is 59.8 Å². The summed E-state index contributed by atoms with van der Waals surface area (Å²) >= 11 is 0. The van der Waals surface area contributed by atoms with Gasteiger partial charge in [0.15, 0.2) is 0 Å². The van der Waals surface area contributed by atoms with Gasteiger partial charge in [0, 0.05) is 32.4 Å². The SMILES string of the molecule is O=C([C@H]1CN(CCOCc2ccccc2)Cc2cncn21)N1CCCCO1. The van der Waals surface area contributed by atoms with Crippen LogP contribution in [-0.4, -0.2) is 58.3 Å². The van der Waals surface area contributed by atoms with E-state index in [4.69, 9.17) is 9.57 Å². The Kier molecular flexibility index (Phi) is 5.81. The molecule has 0 spiro atoms. The Bertz CT molecular complexity index is 743. The van der Waals surface area contributed by atoms with Crippen LogP contribution in [0.4, 0.5) is 0 Å². The van der Waals surface area contributed by atoms with Gasteiger partial charge >= 0.3 is 0 Å². The summed E-state index contributed by atoms with van der Waals surface area (Å²) in [4.78, 5) is 25.0. The fourth-order valence-electron chi connectivity index (χ4n) is 3.62. The first-order valence-corrected chi connectivity index (χ1v) is 9.60. The number of hydrogen-bond donors (Lipinski definition) is 0. The van der Waals surface area contributed by atoms with Crippen LogP contribution in [0, 0.1) is 0 Å². The third kappa shape index (κ3) is 4.37. The first-order valence-electron chi connectivity index (χ1n) is 9.60. The van der Waals surface area contributed by atoms with Gasteiger partial charge in [-0.3, -0.25) is 14.5 Å². The molecular formula is C20H26N4O3. The molecule has 2 aromatic rings. The maximum Gasteiger partial charge on any atom is 0.270 e. The fourth-order valence-corrected chi connectivity index (χ4v) is 3.62. The Labute approximate surface area is 159 Å². The van der Waals surface area contributed by atoms with Crippen LogP contribution < -0.4 is 0 Å². The summed E-state index contributed by atoms with van der Waals surface area (Å²) in [5.41, 5.74) is 2.23. The van der Waals surface area contributed by atoms with Gasteiger partial charge in [-0.05, 0) is 18.4 Å². The van der Waals surface area contributed by atoms with Crippen LogP contribution in [0.3, 0.4) is 0 Å². The third-order valence-electron chi connectivity index (χ3n) is 5.10. The molecule has 4 rings (SSSR count). The summed E-state index contributed by atoms with van der Waals surface area (Å²) < 4.78 is 7.81. The number of aromatic nitrogens is 2. The van der Waals surface area contributed by atoms with E-state index in [0.717, 1.165) is 31.6 Å². The smallest absolute Gasteiger partial charge is 0.270 e. The first-order chi connectivity index (χ1) is 13.3. The molecule has 1 atom stereocenters. The van der Waals surface area contributed by atoms with Crippen molar-refractivity contribution in [1.82, 2.24) is 19.5 Å². The molecule has 0 radical (unpaired) electrons. The van der Waals surface area contributed by atoms with E-state index in [1.54, 1.807) is 6.33 Å². The Hall–Kier alpha value is -2.22. The number of ether oxygens (including phenoxy) is 1. The van der Waals surface area contributed by atoms with Crippen molar-refractivity contribution in [3.05, 3.63) is 54.1 Å². The average Bonchev–Trinajstić information content (AvgIpc) is 3.20. The van der Waals surface area contributed by atoms with E-state index in [1.807, 2.05) is 29.0 Å². The van der Waals surface area contributed by atoms with Crippen LogP contribution in [0.1, 0.15) is 30.1 Å². The summed E-state index contributed by atoms with van der Waals surface area (Å²) in [5.74, 6) is 0.0175. The summed E-state index contributed by atoms with van der Waals surface area (Å²) in [6.45, 7) is 4.73. The van der Waals surface area contributed by atoms with Gasteiger partial charge in [0.05, 0.1) is 31.8 Å². The average molecular weight is 370 g/mol. The molecule has 3 heterocycles. The molecule has 1 aromatic carbocycles. The van der Waals surface area contributed by atoms with Gasteiger partial charge in [-0.1, -0.05) is 30.3 Å². The van der Waals surface area contributed by atoms with E-state index in [0.29, 0.717) is 32.9 Å². The molecular weight excluding hydrogens is 344 g/mol. The lowest BCUT2D eigenvalue weighted by Gasteiger charge is -2.36. The van der Waals surface area contributed by atoms with Crippen molar-refractivity contribution in [2.45, 2.75) is 32.0 Å². The lowest BCUT2D eigenvalue weighted by atomic mass is 10.1. The Morgan fingerprint density at radius 3 is 2.96 bits per heavy atom. The van der Waals surface area contributed by atoms with Gasteiger partial charge in [0.1, 0.15) is 6.04 Å². The normalized spacial score (nSPS) is 20.4. The van der Waals surface area contributed by atoms with Crippen molar-refractivity contribution in [2.75, 3.05) is 32.8 Å². The summed E-state index contributed by atoms with van der Waals surface area (Å²) in [6, 6.07) is 9.87. The molecule has 2 aliphatic heterocycles. The quantitative estimate of drug-likeness (QED) is 0.728. The van der Waals surface area contributed by atoms with E-state index in [9.17, 15) is 4.79 Å². The standard InChI is InChI=1S/C20H26N4O3/c25-20(24-8-4-5-10-27-24)19-14-22(13-18-12-21-16-23(18)19)9-11-26-15-17-6-2-1-3-7-17/h1-3,6-7,12,16,19H,4-5,8-11,13-15H2/t19-/m1/s1. The van der Waals surface area contributed by atoms with E-state index >= 15 is 0 Å². The Balaban J connectivity index is 1.34. The molecule has 1 saturated heterocycles. The zero-order valence-corrected chi connectivity index (χ0v) is 15.5. The number of amides is 1. The molecule has 1 fully saturated rings. The minimum atomic E-state index is -0.288. The van der Waals surface area contributed by atoms with E-state index in [1.165, 1.54) is 10.6 Å². The number of carbonyl (C=O) groups excluding carboxylic acids is 1. The number of rotatable bonds is 6. The van der Waals surface area contributed by atoms with Crippen molar-refractivity contribution in [1.29, 1.82) is 0 Å². The van der Waals surface area contributed by atoms with Gasteiger partial charge < -0.3 is 9.30 Å². The van der Waals surface area contributed by atoms with E-state index < -0.39 is 0 Å². The van der Waals surface area contributed by atoms with Crippen LogP contribution in [0.5, 0.6) is 0 Å². The van der Waals surface area contributed by atoms with Crippen LogP contribution in [-0.2, 0) is 27.5 Å². The third-order valence-corrected chi connectivity index (χ3v) is 5.10. The Morgan fingerprint density at radius 1 is 1.26 bits per heavy atom. The monoisotopic (exact) mass is 370 g/mol. The number of benzene rings is 1. The zero-order valence-electron chi connectivity index (χ0n) is 15.5. The number of nitrogens with zero attached hydrogens (tertiary/aromatic N) is 4. The maximum absolute atomic E-state index is 13.0. The molecule has 0 aliphatic carbocycles. The lowest BCUT2D eigenvalue weighted by Crippen LogP contribution is -2.47. The number of imidazole rings is 1. The van der Waals surface area contributed by atoms with Crippen molar-refractivity contribution in [2.24, 2.45) is 0 Å². The largest absolute Gasteiger partial charge is 0.375 e. The predicted molar refractivity (Wildman–Crippen MR) is 99.5 cm³/mol. The molecule has 7 heteroatoms. The molecule has 144 valence electrons. The van der Waals surface area contributed by atoms with E-state index in [-0.39, 0.29) is 11.9 Å². The maximum atomic E-state index is 13.0. The molecule has 0 saturated carbocycles. The van der Waals surface area contributed by atoms with Crippen LogP contribution in [0.25, 0.3) is 0 Å². The Morgan fingerprint density at radius 2 is 2.15 bits per heavy atom. The minimum absolute atomic E-state index is 0.0175. The van der Waals surface area contributed by atoms with Gasteiger partial charge in [-0.15, -0.1) is 0 Å². The second-order valence-electron chi connectivity index (χ2n) is 7.06. The van der Waals surface area contributed by atoms with Crippen molar-refractivity contribution in [3.8, 4) is 0 Å². The molecule has 2 aliphatic rings. The second-order valence-corrected chi connectivity index (χ2v) is 7.06. The van der Waals surface area contributed by atoms with Crippen molar-refractivity contribution < 1.29 is 14.4 Å². The van der Waals surface area contributed by atoms with Gasteiger partial charge in [0.25, 0.3) is 5.91 Å². The van der Waals surface area contributed by atoms with Crippen molar-refractivity contribution in [3.63, 3.8) is 0 Å². The lowest BCUT2D eigenvalue weighted by molar-refractivity contribution is -0.201. The van der Waals surface area contributed by atoms with E-state index in [2.05, 4.69) is 22.0 Å². The summed E-state index contributed by atoms with van der Waals surface area (Å²) in [5, 5.41) is 1.54. The zero-order chi connectivity index (χ0) is 18.5. The number of hydroxylamine groups is 2. The van der Waals surface area contributed by atoms with Crippen LogP contribution in [0.15, 0.2) is 42.9 Å². The van der Waals surface area contributed by atoms with Gasteiger partial charge in [0.2, 0.25) is 0 Å². The molecule has 7 nitrogen and oxygen atoms in total. The van der Waals surface area contributed by atoms with Crippen LogP contribution >= 0.6 is 0 Å². The predicted octanol–water partition coefficient (Wildman–Crippen LogP) is 2.01. The molecule has 0 N–H and O–H groups in total. The number of carbonyl (C=O) groups is 1. The number of hydrogen-bond acceptors (Lipinski definition) is 5. The minimum Gasteiger partial charge on any atom is -0.375 e. The molecule has 0 bridgehead atoms. The fraction of sp³-hybridized carbons (Fsp3) is 0.500. The number of fused-ring (bicyclic) bond motifs is 1.